The van der Waals surface area contributed by atoms with Crippen LogP contribution in [0.5, 0.6) is 11.5 Å². The molecule has 0 saturated carbocycles. The van der Waals surface area contributed by atoms with E-state index in [4.69, 9.17) is 0 Å². The second kappa shape index (κ2) is 7.90. The van der Waals surface area contributed by atoms with E-state index in [1.807, 2.05) is 0 Å². The van der Waals surface area contributed by atoms with Crippen LogP contribution in [-0.4, -0.2) is 38.9 Å². The Bertz CT molecular complexity index is 1010. The normalized spacial score (nSPS) is 16.9. The Labute approximate surface area is 163 Å². The van der Waals surface area contributed by atoms with Gasteiger partial charge in [0.15, 0.2) is 17.3 Å². The molecule has 0 atom stereocenters. The van der Waals surface area contributed by atoms with E-state index in [0.29, 0.717) is 22.3 Å². The Morgan fingerprint density at radius 1 is 0.828 bits per heavy atom. The van der Waals surface area contributed by atoms with Crippen LogP contribution in [0.25, 0.3) is 12.2 Å². The van der Waals surface area contributed by atoms with E-state index in [-0.39, 0.29) is 18.9 Å². The maximum absolute atomic E-state index is 12.8. The van der Waals surface area contributed by atoms with Crippen LogP contribution in [-0.2, 0) is 4.79 Å². The number of piperidine rings is 1. The number of benzene rings is 2. The number of carbonyl (C=O) groups excluding carboxylic acids is 1. The van der Waals surface area contributed by atoms with Crippen molar-refractivity contribution in [1.82, 2.24) is 5.32 Å². The highest BCUT2D eigenvalue weighted by Crippen LogP contribution is 2.29. The first-order chi connectivity index (χ1) is 13.8. The van der Waals surface area contributed by atoms with E-state index in [0.717, 1.165) is 12.1 Å². The predicted octanol–water partition coefficient (Wildman–Crippen LogP) is 2.55. The Kier molecular flexibility index (Phi) is 5.37. The lowest BCUT2D eigenvalue weighted by atomic mass is 9.95. The highest BCUT2D eigenvalue weighted by molar-refractivity contribution is 6.14. The SMILES string of the molecule is O=C1/C(=C\c2ccc(O)c([N+](=O)[O-])c2)CNC/C1=C\c1ccc(O)c([N+](=O)[O-])c1. The van der Waals surface area contributed by atoms with Gasteiger partial charge >= 0.3 is 11.4 Å². The molecule has 0 unspecified atom stereocenters. The van der Waals surface area contributed by atoms with Crippen molar-refractivity contribution in [3.8, 4) is 11.5 Å². The molecule has 10 heteroatoms. The van der Waals surface area contributed by atoms with Gasteiger partial charge in [-0.15, -0.1) is 0 Å². The zero-order valence-corrected chi connectivity index (χ0v) is 14.9. The summed E-state index contributed by atoms with van der Waals surface area (Å²) >= 11 is 0. The van der Waals surface area contributed by atoms with Gasteiger partial charge in [-0.25, -0.2) is 0 Å². The smallest absolute Gasteiger partial charge is 0.311 e. The Morgan fingerprint density at radius 2 is 1.24 bits per heavy atom. The van der Waals surface area contributed by atoms with Gasteiger partial charge in [0.2, 0.25) is 0 Å². The number of aromatic hydroxyl groups is 2. The van der Waals surface area contributed by atoms with Crippen molar-refractivity contribution < 1.29 is 24.9 Å². The van der Waals surface area contributed by atoms with Crippen molar-refractivity contribution in [2.75, 3.05) is 13.1 Å². The van der Waals surface area contributed by atoms with Crippen molar-refractivity contribution in [3.63, 3.8) is 0 Å². The van der Waals surface area contributed by atoms with Gasteiger partial charge in [0, 0.05) is 36.4 Å². The number of phenolic OH excluding ortho intramolecular Hbond substituents is 2. The van der Waals surface area contributed by atoms with Gasteiger partial charge in [0.25, 0.3) is 0 Å². The van der Waals surface area contributed by atoms with E-state index < -0.39 is 32.7 Å². The highest BCUT2D eigenvalue weighted by Gasteiger charge is 2.22. The first-order valence-corrected chi connectivity index (χ1v) is 8.37. The van der Waals surface area contributed by atoms with Gasteiger partial charge in [-0.3, -0.25) is 25.0 Å². The molecule has 0 bridgehead atoms. The molecule has 1 aliphatic rings. The molecule has 148 valence electrons. The molecule has 1 saturated heterocycles. The third-order valence-corrected chi connectivity index (χ3v) is 4.29. The van der Waals surface area contributed by atoms with Crippen LogP contribution in [0.3, 0.4) is 0 Å². The van der Waals surface area contributed by atoms with E-state index in [1.165, 1.54) is 36.4 Å². The summed E-state index contributed by atoms with van der Waals surface area (Å²) in [5.41, 5.74) is 0.499. The van der Waals surface area contributed by atoms with Crippen molar-refractivity contribution in [1.29, 1.82) is 0 Å². The summed E-state index contributed by atoms with van der Waals surface area (Å²) in [6, 6.07) is 7.58. The number of Topliss-reactive ketones (excluding diaryl/α,β-unsaturated/α-hetero) is 1. The molecule has 0 amide bonds. The number of carbonyl (C=O) groups is 1. The minimum atomic E-state index is -0.721. The number of nitro groups is 2. The van der Waals surface area contributed by atoms with Crippen LogP contribution in [0.4, 0.5) is 11.4 Å². The molecule has 0 spiro atoms. The number of nitro benzene ring substituents is 2. The van der Waals surface area contributed by atoms with Crippen LogP contribution in [0.2, 0.25) is 0 Å². The molecule has 1 aliphatic heterocycles. The summed E-state index contributed by atoms with van der Waals surface area (Å²) < 4.78 is 0. The fourth-order valence-electron chi connectivity index (χ4n) is 2.89. The fourth-order valence-corrected chi connectivity index (χ4v) is 2.89. The maximum Gasteiger partial charge on any atom is 0.311 e. The predicted molar refractivity (Wildman–Crippen MR) is 103 cm³/mol. The lowest BCUT2D eigenvalue weighted by Crippen LogP contribution is -2.32. The molecular formula is C19H15N3O7. The van der Waals surface area contributed by atoms with Gasteiger partial charge in [-0.05, 0) is 35.4 Å². The number of phenols is 2. The second-order valence-electron chi connectivity index (χ2n) is 6.28. The maximum atomic E-state index is 12.8. The molecule has 0 aromatic heterocycles. The van der Waals surface area contributed by atoms with E-state index >= 15 is 0 Å². The van der Waals surface area contributed by atoms with Gasteiger partial charge in [0.1, 0.15) is 0 Å². The molecule has 2 aromatic rings. The number of ketones is 1. The van der Waals surface area contributed by atoms with E-state index in [9.17, 15) is 35.2 Å². The third kappa shape index (κ3) is 4.28. The molecular weight excluding hydrogens is 382 g/mol. The van der Waals surface area contributed by atoms with Gasteiger partial charge in [-0.2, -0.15) is 0 Å². The summed E-state index contributed by atoms with van der Waals surface area (Å²) in [7, 11) is 0. The Morgan fingerprint density at radius 3 is 1.62 bits per heavy atom. The number of rotatable bonds is 4. The minimum Gasteiger partial charge on any atom is -0.502 e. The van der Waals surface area contributed by atoms with Crippen molar-refractivity contribution in [3.05, 3.63) is 78.9 Å². The van der Waals surface area contributed by atoms with Gasteiger partial charge in [-0.1, -0.05) is 12.1 Å². The number of nitrogens with one attached hydrogen (secondary N) is 1. The number of nitrogens with zero attached hydrogens (tertiary/aromatic N) is 2. The quantitative estimate of drug-likeness (QED) is 0.404. The Hall–Kier alpha value is -4.05. The summed E-state index contributed by atoms with van der Waals surface area (Å²) in [5.74, 6) is -1.25. The minimum absolute atomic E-state index is 0.237. The zero-order chi connectivity index (χ0) is 21.1. The topological polar surface area (TPSA) is 156 Å². The fraction of sp³-hybridized carbons (Fsp3) is 0.105. The molecule has 29 heavy (non-hydrogen) atoms. The van der Waals surface area contributed by atoms with Gasteiger partial charge in [0.05, 0.1) is 9.85 Å². The Balaban J connectivity index is 1.93. The molecule has 3 N–H and O–H groups in total. The summed E-state index contributed by atoms with van der Waals surface area (Å²) in [4.78, 5) is 33.2. The van der Waals surface area contributed by atoms with E-state index in [1.54, 1.807) is 0 Å². The van der Waals surface area contributed by atoms with E-state index in [2.05, 4.69) is 5.32 Å². The van der Waals surface area contributed by atoms with Gasteiger partial charge < -0.3 is 15.5 Å². The summed E-state index contributed by atoms with van der Waals surface area (Å²) in [6.45, 7) is 0.473. The van der Waals surface area contributed by atoms with Crippen LogP contribution in [0.15, 0.2) is 47.5 Å². The molecule has 10 nitrogen and oxygen atoms in total. The lowest BCUT2D eigenvalue weighted by molar-refractivity contribution is -0.386. The zero-order valence-electron chi connectivity index (χ0n) is 14.9. The third-order valence-electron chi connectivity index (χ3n) is 4.29. The molecule has 0 radical (unpaired) electrons. The summed E-state index contributed by atoms with van der Waals surface area (Å²) in [6.07, 6.45) is 2.96. The molecule has 1 heterocycles. The summed E-state index contributed by atoms with van der Waals surface area (Å²) in [5, 5.41) is 44.0. The monoisotopic (exact) mass is 397 g/mol. The van der Waals surface area contributed by atoms with Crippen LogP contribution < -0.4 is 5.32 Å². The van der Waals surface area contributed by atoms with Crippen molar-refractivity contribution in [2.45, 2.75) is 0 Å². The van der Waals surface area contributed by atoms with Crippen molar-refractivity contribution >= 4 is 29.3 Å². The highest BCUT2D eigenvalue weighted by atomic mass is 16.6. The number of hydrogen-bond donors (Lipinski definition) is 3. The van der Waals surface area contributed by atoms with Crippen LogP contribution >= 0.6 is 0 Å². The average Bonchev–Trinajstić information content (AvgIpc) is 2.67. The molecule has 3 rings (SSSR count). The standard InChI is InChI=1S/C19H15N3O7/c23-17-3-1-11(7-15(17)21(26)27)5-13-9-20-10-14(19(13)25)6-12-2-4-18(24)16(8-12)22(28)29/h1-8,20,23-24H,9-10H2/b13-5-,14-6+. The first-order valence-electron chi connectivity index (χ1n) is 8.37. The number of hydrogen-bond acceptors (Lipinski definition) is 8. The lowest BCUT2D eigenvalue weighted by Gasteiger charge is -2.18. The van der Waals surface area contributed by atoms with Crippen LogP contribution in [0.1, 0.15) is 11.1 Å². The van der Waals surface area contributed by atoms with Crippen LogP contribution in [0, 0.1) is 20.2 Å². The van der Waals surface area contributed by atoms with Crippen molar-refractivity contribution in [2.24, 2.45) is 0 Å². The first kappa shape index (κ1) is 19.7. The molecule has 2 aromatic carbocycles. The average molecular weight is 397 g/mol. The molecule has 0 aliphatic carbocycles. The second-order valence-corrected chi connectivity index (χ2v) is 6.28. The molecule has 1 fully saturated rings. The largest absolute Gasteiger partial charge is 0.502 e.